The van der Waals surface area contributed by atoms with E-state index in [9.17, 15) is 0 Å². The Morgan fingerprint density at radius 3 is 1.32 bits per heavy atom. The van der Waals surface area contributed by atoms with Crippen LogP contribution < -0.4 is 0 Å². The van der Waals surface area contributed by atoms with Gasteiger partial charge in [-0.3, -0.25) is 0 Å². The molecule has 0 heterocycles. The molecule has 0 aromatic rings. The molecule has 1 nitrogen and oxygen atoms in total. The van der Waals surface area contributed by atoms with E-state index in [1.165, 1.54) is 108 Å². The van der Waals surface area contributed by atoms with Crippen LogP contribution in [-0.2, 0) is 0 Å². The summed E-state index contributed by atoms with van der Waals surface area (Å²) in [4.78, 5) is 0. The van der Waals surface area contributed by atoms with Crippen LogP contribution in [0.25, 0.3) is 0 Å². The smallest absolute Gasteiger partial charge is 0.0787 e. The number of nitrogens with zero attached hydrogens (tertiary/aromatic N) is 1. The van der Waals surface area contributed by atoms with Gasteiger partial charge in [0.05, 0.1) is 26.2 Å². The molecule has 0 N–H and O–H groups in total. The van der Waals surface area contributed by atoms with Gasteiger partial charge in [-0.25, -0.2) is 0 Å². The molecule has 0 saturated carbocycles. The van der Waals surface area contributed by atoms with E-state index in [2.05, 4.69) is 20.8 Å². The topological polar surface area (TPSA) is 0 Å². The number of unbranched alkanes of at least 4 members (excludes halogenated alkanes) is 8. The van der Waals surface area contributed by atoms with Gasteiger partial charge in [-0.15, -0.1) is 11.6 Å². The Kier molecular flexibility index (Phi) is 16.3. The van der Waals surface area contributed by atoms with Gasteiger partial charge in [0, 0.05) is 5.88 Å². The summed E-state index contributed by atoms with van der Waals surface area (Å²) in [5, 5.41) is 0. The summed E-state index contributed by atoms with van der Waals surface area (Å²) >= 11 is 5.92. The maximum atomic E-state index is 5.92. The molecule has 0 bridgehead atoms. The van der Waals surface area contributed by atoms with E-state index in [-0.39, 0.29) is 0 Å². The molecule has 134 valence electrons. The van der Waals surface area contributed by atoms with Crippen molar-refractivity contribution in [3.8, 4) is 0 Å². The predicted molar refractivity (Wildman–Crippen MR) is 103 cm³/mol. The molecule has 0 saturated heterocycles. The number of quaternary nitrogens is 1. The Balaban J connectivity index is 4.49. The minimum absolute atomic E-state index is 0.833. The molecule has 0 atom stereocenters. The zero-order chi connectivity index (χ0) is 16.5. The molecule has 0 aliphatic rings. The van der Waals surface area contributed by atoms with Gasteiger partial charge in [-0.1, -0.05) is 52.9 Å². The highest BCUT2D eigenvalue weighted by Gasteiger charge is 2.25. The summed E-state index contributed by atoms with van der Waals surface area (Å²) in [5.41, 5.74) is 0. The molecule has 2 heteroatoms. The van der Waals surface area contributed by atoms with E-state index in [0.29, 0.717) is 0 Å². The minimum atomic E-state index is 0.833. The molecule has 0 fully saturated rings. The largest absolute Gasteiger partial charge is 0.324 e. The van der Waals surface area contributed by atoms with Crippen molar-refractivity contribution in [2.45, 2.75) is 97.8 Å². The van der Waals surface area contributed by atoms with E-state index in [4.69, 9.17) is 11.6 Å². The van der Waals surface area contributed by atoms with Crippen LogP contribution in [0.15, 0.2) is 0 Å². The summed E-state index contributed by atoms with van der Waals surface area (Å²) in [7, 11) is 0. The van der Waals surface area contributed by atoms with Crippen LogP contribution in [-0.4, -0.2) is 36.5 Å². The fourth-order valence-corrected chi connectivity index (χ4v) is 3.64. The summed E-state index contributed by atoms with van der Waals surface area (Å²) in [6, 6.07) is 0. The molecule has 0 spiro atoms. The van der Waals surface area contributed by atoms with E-state index < -0.39 is 0 Å². The fraction of sp³-hybridized carbons (Fsp3) is 1.00. The number of hydrogen-bond donors (Lipinski definition) is 0. The van der Waals surface area contributed by atoms with Gasteiger partial charge in [0.1, 0.15) is 0 Å². The van der Waals surface area contributed by atoms with Crippen molar-refractivity contribution in [2.24, 2.45) is 0 Å². The molecule has 22 heavy (non-hydrogen) atoms. The first-order valence-corrected chi connectivity index (χ1v) is 10.7. The Morgan fingerprint density at radius 2 is 0.909 bits per heavy atom. The maximum Gasteiger partial charge on any atom is 0.0787 e. The third kappa shape index (κ3) is 11.8. The lowest BCUT2D eigenvalue weighted by atomic mass is 10.1. The lowest BCUT2D eigenvalue weighted by Gasteiger charge is -2.39. The van der Waals surface area contributed by atoms with Crippen LogP contribution in [0.5, 0.6) is 0 Å². The second kappa shape index (κ2) is 16.1. The average Bonchev–Trinajstić information content (AvgIpc) is 2.54. The average molecular weight is 333 g/mol. The second-order valence-corrected chi connectivity index (χ2v) is 7.48. The summed E-state index contributed by atoms with van der Waals surface area (Å²) in [6.07, 6.45) is 16.4. The van der Waals surface area contributed by atoms with Gasteiger partial charge in [-0.2, -0.15) is 0 Å². The molecule has 0 aliphatic heterocycles. The molecular formula is C20H43ClN+. The van der Waals surface area contributed by atoms with Gasteiger partial charge >= 0.3 is 0 Å². The van der Waals surface area contributed by atoms with Crippen molar-refractivity contribution in [2.75, 3.05) is 32.1 Å². The van der Waals surface area contributed by atoms with Gasteiger partial charge in [0.2, 0.25) is 0 Å². The third-order valence-corrected chi connectivity index (χ3v) is 5.24. The third-order valence-electron chi connectivity index (χ3n) is 4.97. The standard InChI is InChI=1S/C20H43ClN/c1-4-7-10-13-18-22(17-9-6-3,20-15-12-16-21)19-14-11-8-5-2/h4-20H2,1-3H3/q+1. The zero-order valence-corrected chi connectivity index (χ0v) is 16.6. The van der Waals surface area contributed by atoms with E-state index in [1.54, 1.807) is 0 Å². The summed E-state index contributed by atoms with van der Waals surface area (Å²) in [5.74, 6) is 0.833. The van der Waals surface area contributed by atoms with Gasteiger partial charge in [0.15, 0.2) is 0 Å². The van der Waals surface area contributed by atoms with E-state index in [1.807, 2.05) is 0 Å². The zero-order valence-electron chi connectivity index (χ0n) is 15.8. The molecule has 0 aromatic heterocycles. The van der Waals surface area contributed by atoms with Crippen LogP contribution in [0.4, 0.5) is 0 Å². The van der Waals surface area contributed by atoms with E-state index >= 15 is 0 Å². The first kappa shape index (κ1) is 22.2. The van der Waals surface area contributed by atoms with Crippen LogP contribution in [0, 0.1) is 0 Å². The first-order valence-electron chi connectivity index (χ1n) is 10.2. The van der Waals surface area contributed by atoms with Crippen LogP contribution >= 0.6 is 11.6 Å². The Hall–Kier alpha value is 0.250. The highest BCUT2D eigenvalue weighted by Crippen LogP contribution is 2.18. The van der Waals surface area contributed by atoms with Crippen LogP contribution in [0.2, 0.25) is 0 Å². The molecule has 0 aromatic carbocycles. The molecule has 0 aliphatic carbocycles. The van der Waals surface area contributed by atoms with Gasteiger partial charge in [-0.05, 0) is 44.9 Å². The van der Waals surface area contributed by atoms with Crippen molar-refractivity contribution in [1.29, 1.82) is 0 Å². The molecule has 0 radical (unpaired) electrons. The molecular weight excluding hydrogens is 290 g/mol. The lowest BCUT2D eigenvalue weighted by molar-refractivity contribution is -0.929. The van der Waals surface area contributed by atoms with Crippen LogP contribution in [0.1, 0.15) is 97.8 Å². The number of hydrogen-bond acceptors (Lipinski definition) is 0. The summed E-state index contributed by atoms with van der Waals surface area (Å²) in [6.45, 7) is 12.5. The molecule has 0 unspecified atom stereocenters. The Labute approximate surface area is 146 Å². The van der Waals surface area contributed by atoms with Gasteiger partial charge < -0.3 is 4.48 Å². The van der Waals surface area contributed by atoms with Crippen molar-refractivity contribution in [3.05, 3.63) is 0 Å². The number of rotatable bonds is 17. The number of alkyl halides is 1. The monoisotopic (exact) mass is 332 g/mol. The quantitative estimate of drug-likeness (QED) is 0.156. The van der Waals surface area contributed by atoms with Crippen molar-refractivity contribution >= 4 is 11.6 Å². The van der Waals surface area contributed by atoms with Crippen molar-refractivity contribution < 1.29 is 4.48 Å². The van der Waals surface area contributed by atoms with E-state index in [0.717, 1.165) is 5.88 Å². The van der Waals surface area contributed by atoms with Crippen molar-refractivity contribution in [1.82, 2.24) is 0 Å². The maximum absolute atomic E-state index is 5.92. The Morgan fingerprint density at radius 1 is 0.500 bits per heavy atom. The predicted octanol–water partition coefficient (Wildman–Crippen LogP) is 6.78. The minimum Gasteiger partial charge on any atom is -0.324 e. The molecule has 0 rings (SSSR count). The summed E-state index contributed by atoms with van der Waals surface area (Å²) < 4.78 is 1.39. The SMILES string of the molecule is CCCCCC[N+](CCCC)(CCCCCl)CCCCCC. The second-order valence-electron chi connectivity index (χ2n) is 7.11. The normalized spacial score (nSPS) is 12.0. The number of halogens is 1. The Bertz CT molecular complexity index is 206. The van der Waals surface area contributed by atoms with Crippen molar-refractivity contribution in [3.63, 3.8) is 0 Å². The van der Waals surface area contributed by atoms with Crippen LogP contribution in [0.3, 0.4) is 0 Å². The highest BCUT2D eigenvalue weighted by atomic mass is 35.5. The first-order chi connectivity index (χ1) is 10.7. The fourth-order valence-electron chi connectivity index (χ4n) is 3.45. The highest BCUT2D eigenvalue weighted by molar-refractivity contribution is 6.17. The molecule has 0 amide bonds. The lowest BCUT2D eigenvalue weighted by Crippen LogP contribution is -2.50. The van der Waals surface area contributed by atoms with Gasteiger partial charge in [0.25, 0.3) is 0 Å².